The van der Waals surface area contributed by atoms with Gasteiger partial charge in [-0.1, -0.05) is 35.9 Å². The second kappa shape index (κ2) is 7.66. The summed E-state index contributed by atoms with van der Waals surface area (Å²) in [4.78, 5) is 7.08. The largest absolute Gasteiger partial charge is 0.431 e. The van der Waals surface area contributed by atoms with Gasteiger partial charge in [-0.15, -0.1) is 11.3 Å². The first kappa shape index (κ1) is 19.9. The van der Waals surface area contributed by atoms with Crippen LogP contribution in [0.5, 0.6) is 0 Å². The van der Waals surface area contributed by atoms with Crippen molar-refractivity contribution in [1.29, 1.82) is 0 Å². The van der Waals surface area contributed by atoms with Gasteiger partial charge in [0.15, 0.2) is 0 Å². The van der Waals surface area contributed by atoms with Crippen LogP contribution in [-0.2, 0) is 6.54 Å². The van der Waals surface area contributed by atoms with Crippen molar-refractivity contribution in [2.75, 3.05) is 20.6 Å². The number of rotatable bonds is 3. The van der Waals surface area contributed by atoms with Crippen LogP contribution in [0.1, 0.15) is 27.5 Å². The van der Waals surface area contributed by atoms with E-state index in [2.05, 4.69) is 9.89 Å². The lowest BCUT2D eigenvalue weighted by atomic mass is 9.83. The molecule has 0 saturated heterocycles. The summed E-state index contributed by atoms with van der Waals surface area (Å²) < 4.78 is 40.6. The predicted octanol–water partition coefficient (Wildman–Crippen LogP) is 4.91. The number of halogens is 4. The van der Waals surface area contributed by atoms with Gasteiger partial charge in [-0.05, 0) is 29.8 Å². The minimum atomic E-state index is -4.64. The van der Waals surface area contributed by atoms with Gasteiger partial charge in [0, 0.05) is 42.7 Å². The van der Waals surface area contributed by atoms with Crippen LogP contribution in [0.2, 0.25) is 4.34 Å². The number of nitrogens with two attached hydrogens (primary N) is 1. The van der Waals surface area contributed by atoms with Crippen LogP contribution in [0, 0.1) is 0 Å². The van der Waals surface area contributed by atoms with E-state index in [1.807, 2.05) is 25.2 Å². The SMILES string of the molecule is CN=C/C(=C(\N)C(F)(F)F)c1ccccc1C1CN(C)Cc2sc(Cl)cc21. The van der Waals surface area contributed by atoms with Crippen molar-refractivity contribution in [3.63, 3.8) is 0 Å². The van der Waals surface area contributed by atoms with Crippen LogP contribution < -0.4 is 5.73 Å². The van der Waals surface area contributed by atoms with Crippen molar-refractivity contribution in [3.8, 4) is 0 Å². The number of benzene rings is 1. The predicted molar refractivity (Wildman–Crippen MR) is 106 cm³/mol. The highest BCUT2D eigenvalue weighted by molar-refractivity contribution is 7.16. The van der Waals surface area contributed by atoms with E-state index >= 15 is 0 Å². The molecule has 1 aliphatic heterocycles. The van der Waals surface area contributed by atoms with Crippen molar-refractivity contribution >= 4 is 34.7 Å². The fourth-order valence-corrected chi connectivity index (χ4v) is 4.85. The summed E-state index contributed by atoms with van der Waals surface area (Å²) in [6.45, 7) is 1.45. The van der Waals surface area contributed by atoms with Crippen LogP contribution in [-0.4, -0.2) is 37.9 Å². The Bertz CT molecular complexity index is 902. The molecule has 144 valence electrons. The Labute approximate surface area is 165 Å². The van der Waals surface area contributed by atoms with Crippen LogP contribution >= 0.6 is 22.9 Å². The Balaban J connectivity index is 2.20. The third-order valence-corrected chi connectivity index (χ3v) is 5.84. The average molecular weight is 414 g/mol. The van der Waals surface area contributed by atoms with E-state index in [0.717, 1.165) is 22.5 Å². The molecule has 8 heteroatoms. The van der Waals surface area contributed by atoms with Gasteiger partial charge in [-0.25, -0.2) is 0 Å². The van der Waals surface area contributed by atoms with Crippen LogP contribution in [0.15, 0.2) is 41.0 Å². The molecule has 0 bridgehead atoms. The Morgan fingerprint density at radius 1 is 1.33 bits per heavy atom. The second-order valence-corrected chi connectivity index (χ2v) is 8.25. The highest BCUT2D eigenvalue weighted by atomic mass is 35.5. The Kier molecular flexibility index (Phi) is 5.65. The van der Waals surface area contributed by atoms with Gasteiger partial charge < -0.3 is 10.6 Å². The molecule has 2 aromatic rings. The molecule has 1 unspecified atom stereocenters. The van der Waals surface area contributed by atoms with Crippen LogP contribution in [0.4, 0.5) is 13.2 Å². The number of aliphatic imine (C=N–C) groups is 1. The molecule has 0 aliphatic carbocycles. The van der Waals surface area contributed by atoms with E-state index in [1.165, 1.54) is 24.6 Å². The molecule has 2 N–H and O–H groups in total. The first-order chi connectivity index (χ1) is 12.7. The fourth-order valence-electron chi connectivity index (χ4n) is 3.43. The van der Waals surface area contributed by atoms with Crippen molar-refractivity contribution in [2.24, 2.45) is 10.7 Å². The summed E-state index contributed by atoms with van der Waals surface area (Å²) in [5, 5.41) is 0. The fraction of sp³-hybridized carbons (Fsp3) is 0.316. The Morgan fingerprint density at radius 2 is 2.04 bits per heavy atom. The van der Waals surface area contributed by atoms with E-state index in [1.54, 1.807) is 12.1 Å². The van der Waals surface area contributed by atoms with Gasteiger partial charge in [0.25, 0.3) is 0 Å². The molecule has 0 saturated carbocycles. The van der Waals surface area contributed by atoms with Crippen molar-refractivity contribution in [1.82, 2.24) is 4.90 Å². The summed E-state index contributed by atoms with van der Waals surface area (Å²) in [5.41, 5.74) is 6.49. The van der Waals surface area contributed by atoms with Gasteiger partial charge in [-0.2, -0.15) is 13.2 Å². The Hall–Kier alpha value is -1.83. The standard InChI is InChI=1S/C19H19ClF3N3S/c1-25-8-14(18(24)19(21,22)23)11-5-3-4-6-12(11)15-9-26(2)10-16-13(15)7-17(20)27-16/h3-8,15H,9-10,24H2,1-2H3/b18-14+,25-8?. The molecule has 1 aliphatic rings. The van der Waals surface area contributed by atoms with Gasteiger partial charge >= 0.3 is 6.18 Å². The van der Waals surface area contributed by atoms with Gasteiger partial charge in [-0.3, -0.25) is 4.99 Å². The van der Waals surface area contributed by atoms with E-state index in [0.29, 0.717) is 16.4 Å². The highest BCUT2D eigenvalue weighted by Gasteiger charge is 2.36. The molecule has 0 amide bonds. The number of fused-ring (bicyclic) bond motifs is 1. The zero-order valence-corrected chi connectivity index (χ0v) is 16.4. The summed E-state index contributed by atoms with van der Waals surface area (Å²) in [7, 11) is 3.41. The van der Waals surface area contributed by atoms with E-state index in [-0.39, 0.29) is 11.5 Å². The normalized spacial score (nSPS) is 19.3. The van der Waals surface area contributed by atoms with Gasteiger partial charge in [0.05, 0.1) is 4.34 Å². The third-order valence-electron chi connectivity index (χ3n) is 4.57. The smallest absolute Gasteiger partial charge is 0.394 e. The first-order valence-electron chi connectivity index (χ1n) is 8.27. The maximum absolute atomic E-state index is 13.3. The highest BCUT2D eigenvalue weighted by Crippen LogP contribution is 2.42. The monoisotopic (exact) mass is 413 g/mol. The molecule has 3 nitrogen and oxygen atoms in total. The van der Waals surface area contributed by atoms with E-state index in [9.17, 15) is 13.2 Å². The summed E-state index contributed by atoms with van der Waals surface area (Å²) >= 11 is 7.72. The molecule has 0 spiro atoms. The molecule has 3 rings (SSSR count). The lowest BCUT2D eigenvalue weighted by Crippen LogP contribution is -2.30. The maximum atomic E-state index is 13.3. The third kappa shape index (κ3) is 4.05. The molecule has 2 heterocycles. The molecule has 1 aromatic heterocycles. The number of thiophene rings is 1. The lowest BCUT2D eigenvalue weighted by Gasteiger charge is -2.31. The van der Waals surface area contributed by atoms with Crippen molar-refractivity contribution < 1.29 is 13.2 Å². The molecule has 27 heavy (non-hydrogen) atoms. The lowest BCUT2D eigenvalue weighted by molar-refractivity contribution is -0.0918. The zero-order valence-electron chi connectivity index (χ0n) is 14.8. The number of hydrogen-bond acceptors (Lipinski definition) is 4. The Morgan fingerprint density at radius 3 is 2.70 bits per heavy atom. The first-order valence-corrected chi connectivity index (χ1v) is 9.46. The van der Waals surface area contributed by atoms with E-state index < -0.39 is 11.9 Å². The summed E-state index contributed by atoms with van der Waals surface area (Å²) in [5.74, 6) is -0.0972. The summed E-state index contributed by atoms with van der Waals surface area (Å²) in [6, 6.07) is 8.96. The molecule has 0 fully saturated rings. The van der Waals surface area contributed by atoms with Crippen LogP contribution in [0.25, 0.3) is 5.57 Å². The minimum absolute atomic E-state index is 0.0972. The quantitative estimate of drug-likeness (QED) is 0.726. The molecular weight excluding hydrogens is 395 g/mol. The second-order valence-electron chi connectivity index (χ2n) is 6.48. The van der Waals surface area contributed by atoms with Gasteiger partial charge in [0.1, 0.15) is 5.70 Å². The molecular formula is C19H19ClF3N3S. The minimum Gasteiger partial charge on any atom is -0.394 e. The zero-order chi connectivity index (χ0) is 19.8. The van der Waals surface area contributed by atoms with Crippen molar-refractivity contribution in [3.05, 3.63) is 61.9 Å². The molecule has 1 aromatic carbocycles. The molecule has 0 radical (unpaired) electrons. The number of allylic oxidation sites excluding steroid dienone is 2. The number of likely N-dealkylation sites (N-methyl/N-ethyl adjacent to an activating group) is 1. The maximum Gasteiger partial charge on any atom is 0.431 e. The number of hydrogen-bond donors (Lipinski definition) is 1. The number of nitrogens with zero attached hydrogens (tertiary/aromatic N) is 2. The topological polar surface area (TPSA) is 41.6 Å². The number of alkyl halides is 3. The van der Waals surface area contributed by atoms with Gasteiger partial charge in [0.2, 0.25) is 0 Å². The average Bonchev–Trinajstić information content (AvgIpc) is 2.97. The van der Waals surface area contributed by atoms with Crippen LogP contribution in [0.3, 0.4) is 0 Å². The summed E-state index contributed by atoms with van der Waals surface area (Å²) in [6.07, 6.45) is -3.46. The van der Waals surface area contributed by atoms with Crippen molar-refractivity contribution in [2.45, 2.75) is 18.6 Å². The van der Waals surface area contributed by atoms with E-state index in [4.69, 9.17) is 17.3 Å². The molecule has 1 atom stereocenters.